The number of ether oxygens (including phenoxy) is 1. The van der Waals surface area contributed by atoms with Crippen molar-refractivity contribution in [2.45, 2.75) is 37.0 Å². The van der Waals surface area contributed by atoms with E-state index in [2.05, 4.69) is 178 Å². The smallest absolute Gasteiger partial charge is 0.131 e. The number of rotatable bonds is 2. The molecule has 0 saturated heterocycles. The van der Waals surface area contributed by atoms with Gasteiger partial charge in [-0.15, -0.1) is 0 Å². The molecule has 1 heteroatoms. The van der Waals surface area contributed by atoms with Crippen LogP contribution in [0.1, 0.15) is 65.1 Å². The number of hydrogen-bond acceptors (Lipinski definition) is 1. The largest absolute Gasteiger partial charge is 0.457 e. The monoisotopic (exact) mass is 652 g/mol. The van der Waals surface area contributed by atoms with Gasteiger partial charge in [0.15, 0.2) is 0 Å². The summed E-state index contributed by atoms with van der Waals surface area (Å²) < 4.78 is 6.45. The van der Waals surface area contributed by atoms with E-state index in [0.717, 1.165) is 17.9 Å². The van der Waals surface area contributed by atoms with Gasteiger partial charge in [0.1, 0.15) is 11.5 Å². The Hall–Kier alpha value is -5.92. The zero-order chi connectivity index (χ0) is 33.9. The predicted molar refractivity (Wildman–Crippen MR) is 210 cm³/mol. The van der Waals surface area contributed by atoms with Gasteiger partial charge < -0.3 is 4.74 Å². The maximum Gasteiger partial charge on any atom is 0.131 e. The Morgan fingerprint density at radius 2 is 1.02 bits per heavy atom. The van der Waals surface area contributed by atoms with E-state index in [4.69, 9.17) is 4.74 Å². The third-order valence-corrected chi connectivity index (χ3v) is 12.4. The fraction of sp³-hybridized carbons (Fsp3) is 0.120. The van der Waals surface area contributed by atoms with E-state index >= 15 is 0 Å². The van der Waals surface area contributed by atoms with Crippen molar-refractivity contribution in [1.82, 2.24) is 0 Å². The van der Waals surface area contributed by atoms with Gasteiger partial charge in [-0.25, -0.2) is 0 Å². The molecule has 51 heavy (non-hydrogen) atoms. The molecule has 1 heterocycles. The number of benzene rings is 7. The van der Waals surface area contributed by atoms with Gasteiger partial charge in [0.25, 0.3) is 0 Å². The second-order valence-corrected chi connectivity index (χ2v) is 15.1. The standard InChI is InChI=1S/C50H36O/c1-49(2)42-22-9-10-24-46(42)51-47-28-26-33(30-45(47)49)35-16-4-3-15-34(35)32-25-27-38-36-17-5-7-20-40(36)50(44(38)29-32)41-21-8-6-18-37(41)39-19-11-13-31-14-12-23-43(50)48(31)39/h3-22,24-30,43H,23H2,1-2H3. The molecular weight excluding hydrogens is 617 g/mol. The topological polar surface area (TPSA) is 9.23 Å². The maximum atomic E-state index is 6.45. The highest BCUT2D eigenvalue weighted by molar-refractivity contribution is 5.94. The van der Waals surface area contributed by atoms with Crippen LogP contribution in [-0.4, -0.2) is 0 Å². The van der Waals surface area contributed by atoms with Gasteiger partial charge in [-0.05, 0) is 103 Å². The fourth-order valence-electron chi connectivity index (χ4n) is 10.2. The summed E-state index contributed by atoms with van der Waals surface area (Å²) in [6, 6.07) is 56.7. The van der Waals surface area contributed by atoms with Gasteiger partial charge in [0.05, 0.1) is 5.41 Å². The molecule has 0 N–H and O–H groups in total. The average Bonchev–Trinajstić information content (AvgIpc) is 3.47. The Morgan fingerprint density at radius 3 is 1.76 bits per heavy atom. The van der Waals surface area contributed by atoms with Crippen molar-refractivity contribution in [2.75, 3.05) is 0 Å². The van der Waals surface area contributed by atoms with Gasteiger partial charge in [-0.1, -0.05) is 153 Å². The highest BCUT2D eigenvalue weighted by atomic mass is 16.5. The first-order chi connectivity index (χ1) is 25.0. The first kappa shape index (κ1) is 28.9. The number of fused-ring (bicyclic) bond motifs is 11. The summed E-state index contributed by atoms with van der Waals surface area (Å²) >= 11 is 0. The second kappa shape index (κ2) is 10.3. The molecule has 0 bridgehead atoms. The highest BCUT2D eigenvalue weighted by Gasteiger charge is 2.54. The van der Waals surface area contributed by atoms with E-state index in [1.165, 1.54) is 83.5 Å². The SMILES string of the molecule is CC1(C)c2ccccc2Oc2ccc(-c3ccccc3-c3ccc4c(c3)C3(c5ccccc5-4)c4ccccc4-c4cccc5c4C3CC=C5)cc21. The number of allylic oxidation sites excluding steroid dienone is 1. The summed E-state index contributed by atoms with van der Waals surface area (Å²) in [5.41, 5.74) is 19.5. The Kier molecular flexibility index (Phi) is 5.84. The first-order valence-corrected chi connectivity index (χ1v) is 18.2. The lowest BCUT2D eigenvalue weighted by atomic mass is 9.54. The Balaban J connectivity index is 1.13. The summed E-state index contributed by atoms with van der Waals surface area (Å²) in [5, 5.41) is 0. The molecule has 0 amide bonds. The van der Waals surface area contributed by atoms with Crippen LogP contribution < -0.4 is 4.74 Å². The minimum Gasteiger partial charge on any atom is -0.457 e. The van der Waals surface area contributed by atoms with Gasteiger partial charge >= 0.3 is 0 Å². The molecule has 0 saturated carbocycles. The summed E-state index contributed by atoms with van der Waals surface area (Å²) in [4.78, 5) is 0. The summed E-state index contributed by atoms with van der Waals surface area (Å²) in [5.74, 6) is 2.18. The molecule has 11 rings (SSSR count). The minimum atomic E-state index is -0.304. The van der Waals surface area contributed by atoms with Crippen molar-refractivity contribution < 1.29 is 4.74 Å². The quantitative estimate of drug-likeness (QED) is 0.181. The van der Waals surface area contributed by atoms with Gasteiger partial charge in [0, 0.05) is 22.5 Å². The van der Waals surface area contributed by atoms with E-state index in [-0.39, 0.29) is 10.8 Å². The van der Waals surface area contributed by atoms with Crippen LogP contribution in [0.2, 0.25) is 0 Å². The van der Waals surface area contributed by atoms with E-state index in [9.17, 15) is 0 Å². The van der Waals surface area contributed by atoms with Crippen molar-refractivity contribution in [3.63, 3.8) is 0 Å². The molecule has 2 unspecified atom stereocenters. The number of para-hydroxylation sites is 1. The summed E-state index contributed by atoms with van der Waals surface area (Å²) in [6.07, 6.45) is 5.75. The summed E-state index contributed by atoms with van der Waals surface area (Å²) in [7, 11) is 0. The van der Waals surface area contributed by atoms with E-state index in [1.54, 1.807) is 0 Å². The highest BCUT2D eigenvalue weighted by Crippen LogP contribution is 2.66. The Morgan fingerprint density at radius 1 is 0.471 bits per heavy atom. The Bertz CT molecular complexity index is 2640. The third-order valence-electron chi connectivity index (χ3n) is 12.4. The molecule has 1 spiro atoms. The number of hydrogen-bond donors (Lipinski definition) is 0. The molecule has 2 atom stereocenters. The van der Waals surface area contributed by atoms with E-state index < -0.39 is 0 Å². The van der Waals surface area contributed by atoms with Gasteiger partial charge in [0.2, 0.25) is 0 Å². The summed E-state index contributed by atoms with van der Waals surface area (Å²) in [6.45, 7) is 4.62. The van der Waals surface area contributed by atoms with Crippen molar-refractivity contribution in [1.29, 1.82) is 0 Å². The lowest BCUT2D eigenvalue weighted by Crippen LogP contribution is -2.38. The zero-order valence-electron chi connectivity index (χ0n) is 28.8. The fourth-order valence-corrected chi connectivity index (χ4v) is 10.2. The van der Waals surface area contributed by atoms with Crippen LogP contribution in [-0.2, 0) is 10.8 Å². The van der Waals surface area contributed by atoms with Crippen molar-refractivity contribution >= 4 is 6.08 Å². The van der Waals surface area contributed by atoms with Crippen LogP contribution in [0.4, 0.5) is 0 Å². The van der Waals surface area contributed by atoms with Crippen LogP contribution in [0.5, 0.6) is 11.5 Å². The van der Waals surface area contributed by atoms with E-state index in [0.29, 0.717) is 5.92 Å². The van der Waals surface area contributed by atoms with Crippen LogP contribution >= 0.6 is 0 Å². The molecule has 7 aromatic rings. The van der Waals surface area contributed by atoms with Gasteiger partial charge in [-0.2, -0.15) is 0 Å². The molecule has 1 nitrogen and oxygen atoms in total. The average molecular weight is 653 g/mol. The van der Waals surface area contributed by atoms with Crippen molar-refractivity contribution in [3.8, 4) is 56.0 Å². The van der Waals surface area contributed by atoms with Crippen LogP contribution in [0, 0.1) is 0 Å². The molecular formula is C50H36O. The van der Waals surface area contributed by atoms with Crippen molar-refractivity contribution in [3.05, 3.63) is 197 Å². The second-order valence-electron chi connectivity index (χ2n) is 15.1. The first-order valence-electron chi connectivity index (χ1n) is 18.2. The molecule has 0 fully saturated rings. The third kappa shape index (κ3) is 3.76. The molecule has 7 aromatic carbocycles. The maximum absolute atomic E-state index is 6.45. The van der Waals surface area contributed by atoms with E-state index in [1.807, 2.05) is 0 Å². The normalized spacial score (nSPS) is 19.2. The molecule has 0 aromatic heterocycles. The molecule has 0 radical (unpaired) electrons. The lowest BCUT2D eigenvalue weighted by molar-refractivity contribution is 0.418. The van der Waals surface area contributed by atoms with Gasteiger partial charge in [-0.3, -0.25) is 0 Å². The Labute approximate surface area is 299 Å². The van der Waals surface area contributed by atoms with Crippen molar-refractivity contribution in [2.24, 2.45) is 0 Å². The minimum absolute atomic E-state index is 0.182. The predicted octanol–water partition coefficient (Wildman–Crippen LogP) is 12.9. The molecule has 4 aliphatic rings. The zero-order valence-corrected chi connectivity index (χ0v) is 28.8. The van der Waals surface area contributed by atoms with Crippen LogP contribution in [0.15, 0.2) is 158 Å². The van der Waals surface area contributed by atoms with Crippen LogP contribution in [0.3, 0.4) is 0 Å². The molecule has 1 aliphatic heterocycles. The molecule has 242 valence electrons. The molecule has 3 aliphatic carbocycles. The van der Waals surface area contributed by atoms with Crippen LogP contribution in [0.25, 0.3) is 50.6 Å². The lowest BCUT2D eigenvalue weighted by Gasteiger charge is -2.47.